The summed E-state index contributed by atoms with van der Waals surface area (Å²) in [4.78, 5) is 27.4. The second kappa shape index (κ2) is 14.1. The van der Waals surface area contributed by atoms with Crippen LogP contribution in [0.25, 0.3) is 0 Å². The molecule has 1 saturated heterocycles. The molecule has 208 valence electrons. The molecule has 0 spiro atoms. The van der Waals surface area contributed by atoms with E-state index >= 15 is 0 Å². The van der Waals surface area contributed by atoms with Crippen molar-refractivity contribution in [1.29, 1.82) is 0 Å². The first-order valence-corrected chi connectivity index (χ1v) is 13.8. The molecular formula is C26H35N3O8S. The van der Waals surface area contributed by atoms with Gasteiger partial charge in [0.05, 0.1) is 25.2 Å². The number of carbonyl (C=O) groups is 2. The van der Waals surface area contributed by atoms with Gasteiger partial charge in [-0.3, -0.25) is 9.59 Å². The smallest absolute Gasteiger partial charge is 0.261 e. The number of benzene rings is 2. The molecule has 1 atom stereocenters. The molecule has 0 bridgehead atoms. The highest BCUT2D eigenvalue weighted by molar-refractivity contribution is 7.89. The van der Waals surface area contributed by atoms with Crippen molar-refractivity contribution < 1.29 is 37.3 Å². The lowest BCUT2D eigenvalue weighted by atomic mass is 10.1. The number of rotatable bonds is 13. The molecule has 2 amide bonds. The van der Waals surface area contributed by atoms with Crippen molar-refractivity contribution in [2.24, 2.45) is 0 Å². The second-order valence-corrected chi connectivity index (χ2v) is 10.6. The number of hydrogen-bond acceptors (Lipinski definition) is 8. The molecule has 12 heteroatoms. The van der Waals surface area contributed by atoms with Crippen LogP contribution in [0.5, 0.6) is 11.5 Å². The van der Waals surface area contributed by atoms with Crippen LogP contribution in [-0.2, 0) is 30.9 Å². The van der Waals surface area contributed by atoms with E-state index in [2.05, 4.69) is 5.32 Å². The SMILES string of the molecule is COc1ccc(CN(C(=O)COc2ccc(S(=O)(=O)N3CCOCC3)cc2)C(C)C(=O)NCCCO)cc1. The van der Waals surface area contributed by atoms with Crippen molar-refractivity contribution in [3.05, 3.63) is 54.1 Å². The number of hydrogen-bond donors (Lipinski definition) is 2. The van der Waals surface area contributed by atoms with Crippen molar-refractivity contribution >= 4 is 21.8 Å². The largest absolute Gasteiger partial charge is 0.497 e. The van der Waals surface area contributed by atoms with Crippen LogP contribution < -0.4 is 14.8 Å². The first-order chi connectivity index (χ1) is 18.3. The quantitative estimate of drug-likeness (QED) is 0.354. The number of aliphatic hydroxyl groups is 1. The molecule has 1 fully saturated rings. The minimum absolute atomic E-state index is 0.0521. The van der Waals surface area contributed by atoms with E-state index in [-0.39, 0.29) is 30.6 Å². The van der Waals surface area contributed by atoms with E-state index in [1.54, 1.807) is 26.2 Å². The van der Waals surface area contributed by atoms with Gasteiger partial charge in [0.15, 0.2) is 6.61 Å². The van der Waals surface area contributed by atoms with Crippen molar-refractivity contribution in [2.45, 2.75) is 30.8 Å². The van der Waals surface area contributed by atoms with Gasteiger partial charge in [0, 0.05) is 32.8 Å². The Hall–Kier alpha value is -3.19. The average molecular weight is 550 g/mol. The third-order valence-corrected chi connectivity index (χ3v) is 8.02. The Morgan fingerprint density at radius 2 is 1.71 bits per heavy atom. The van der Waals surface area contributed by atoms with Gasteiger partial charge in [0.1, 0.15) is 17.5 Å². The predicted octanol–water partition coefficient (Wildman–Crippen LogP) is 1.01. The van der Waals surface area contributed by atoms with Gasteiger partial charge in [-0.05, 0) is 55.3 Å². The van der Waals surface area contributed by atoms with Crippen LogP contribution in [0.3, 0.4) is 0 Å². The zero-order valence-corrected chi connectivity index (χ0v) is 22.5. The Morgan fingerprint density at radius 1 is 1.08 bits per heavy atom. The molecule has 38 heavy (non-hydrogen) atoms. The maximum atomic E-state index is 13.2. The molecular weight excluding hydrogens is 514 g/mol. The second-order valence-electron chi connectivity index (χ2n) is 8.69. The molecule has 0 saturated carbocycles. The minimum atomic E-state index is -3.64. The van der Waals surface area contributed by atoms with Gasteiger partial charge in [0.25, 0.3) is 5.91 Å². The lowest BCUT2D eigenvalue weighted by Gasteiger charge is -2.29. The lowest BCUT2D eigenvalue weighted by Crippen LogP contribution is -2.49. The number of nitrogens with zero attached hydrogens (tertiary/aromatic N) is 2. The predicted molar refractivity (Wildman–Crippen MR) is 139 cm³/mol. The third-order valence-electron chi connectivity index (χ3n) is 6.11. The Bertz CT molecular complexity index is 1150. The van der Waals surface area contributed by atoms with Crippen LogP contribution in [0.4, 0.5) is 0 Å². The van der Waals surface area contributed by atoms with Gasteiger partial charge in [0.2, 0.25) is 15.9 Å². The van der Waals surface area contributed by atoms with Crippen LogP contribution in [0.15, 0.2) is 53.4 Å². The summed E-state index contributed by atoms with van der Waals surface area (Å²) in [7, 11) is -2.08. The zero-order chi connectivity index (χ0) is 27.5. The Labute approximate surface area is 223 Å². The number of ether oxygens (including phenoxy) is 3. The summed E-state index contributed by atoms with van der Waals surface area (Å²) in [5.41, 5.74) is 0.798. The third kappa shape index (κ3) is 7.90. The summed E-state index contributed by atoms with van der Waals surface area (Å²) < 4.78 is 43.1. The molecule has 11 nitrogen and oxygen atoms in total. The fourth-order valence-corrected chi connectivity index (χ4v) is 5.23. The fourth-order valence-electron chi connectivity index (χ4n) is 3.82. The van der Waals surface area contributed by atoms with Gasteiger partial charge < -0.3 is 29.5 Å². The van der Waals surface area contributed by atoms with Crippen molar-refractivity contribution in [1.82, 2.24) is 14.5 Å². The van der Waals surface area contributed by atoms with Crippen molar-refractivity contribution in [3.63, 3.8) is 0 Å². The standard InChI is InChI=1S/C26H35N3O8S/c1-20(26(32)27-12-3-15-30)29(18-21-4-6-22(35-2)7-5-21)25(31)19-37-23-8-10-24(11-9-23)38(33,34)28-13-16-36-17-14-28/h4-11,20,30H,3,12-19H2,1-2H3,(H,27,32). The van der Waals surface area contributed by atoms with E-state index in [4.69, 9.17) is 19.3 Å². The number of sulfonamides is 1. The maximum absolute atomic E-state index is 13.2. The molecule has 3 rings (SSSR count). The summed E-state index contributed by atoms with van der Waals surface area (Å²) in [5.74, 6) is 0.223. The molecule has 2 N–H and O–H groups in total. The van der Waals surface area contributed by atoms with Crippen LogP contribution in [0.2, 0.25) is 0 Å². The van der Waals surface area contributed by atoms with Gasteiger partial charge in [-0.2, -0.15) is 4.31 Å². The Kier molecular flexibility index (Phi) is 10.9. The first kappa shape index (κ1) is 29.4. The molecule has 0 aromatic heterocycles. The summed E-state index contributed by atoms with van der Waals surface area (Å²) >= 11 is 0. The van der Waals surface area contributed by atoms with E-state index in [9.17, 15) is 18.0 Å². The number of amides is 2. The highest BCUT2D eigenvalue weighted by Gasteiger charge is 2.28. The molecule has 1 unspecified atom stereocenters. The highest BCUT2D eigenvalue weighted by atomic mass is 32.2. The number of aliphatic hydroxyl groups excluding tert-OH is 1. The topological polar surface area (TPSA) is 135 Å². The minimum Gasteiger partial charge on any atom is -0.497 e. The van der Waals surface area contributed by atoms with E-state index < -0.39 is 22.0 Å². The monoisotopic (exact) mass is 549 g/mol. The van der Waals surface area contributed by atoms with Gasteiger partial charge >= 0.3 is 0 Å². The van der Waals surface area contributed by atoms with E-state index in [0.717, 1.165) is 5.56 Å². The number of morpholine rings is 1. The molecule has 2 aromatic rings. The average Bonchev–Trinajstić information content (AvgIpc) is 2.95. The molecule has 0 radical (unpaired) electrons. The van der Waals surface area contributed by atoms with Crippen LogP contribution in [0.1, 0.15) is 18.9 Å². The summed E-state index contributed by atoms with van der Waals surface area (Å²) in [6.45, 7) is 2.99. The normalized spacial score (nSPS) is 14.9. The van der Waals surface area contributed by atoms with E-state index in [0.29, 0.717) is 50.8 Å². The van der Waals surface area contributed by atoms with Crippen molar-refractivity contribution in [3.8, 4) is 11.5 Å². The number of carbonyl (C=O) groups excluding carboxylic acids is 2. The van der Waals surface area contributed by atoms with E-state index in [1.807, 2.05) is 12.1 Å². The molecule has 0 aliphatic carbocycles. The summed E-state index contributed by atoms with van der Waals surface area (Å²) in [6.07, 6.45) is 0.408. The highest BCUT2D eigenvalue weighted by Crippen LogP contribution is 2.21. The van der Waals surface area contributed by atoms with Crippen LogP contribution in [0, 0.1) is 0 Å². The first-order valence-electron chi connectivity index (χ1n) is 12.4. The van der Waals surface area contributed by atoms with Crippen LogP contribution in [-0.4, -0.2) is 93.8 Å². The molecule has 2 aromatic carbocycles. The van der Waals surface area contributed by atoms with E-state index in [1.165, 1.54) is 33.5 Å². The van der Waals surface area contributed by atoms with Crippen molar-refractivity contribution in [2.75, 3.05) is 53.2 Å². The number of nitrogens with one attached hydrogen (secondary N) is 1. The fraction of sp³-hybridized carbons (Fsp3) is 0.462. The van der Waals surface area contributed by atoms with Crippen LogP contribution >= 0.6 is 0 Å². The lowest BCUT2D eigenvalue weighted by molar-refractivity contribution is -0.142. The molecule has 1 aliphatic rings. The van der Waals surface area contributed by atoms with Gasteiger partial charge in [-0.15, -0.1) is 0 Å². The Balaban J connectivity index is 1.67. The van der Waals surface area contributed by atoms with Gasteiger partial charge in [-0.1, -0.05) is 12.1 Å². The molecule has 1 heterocycles. The zero-order valence-electron chi connectivity index (χ0n) is 21.7. The van der Waals surface area contributed by atoms with Gasteiger partial charge in [-0.25, -0.2) is 8.42 Å². The summed E-state index contributed by atoms with van der Waals surface area (Å²) in [6, 6.07) is 12.2. The molecule has 1 aliphatic heterocycles. The number of methoxy groups -OCH3 is 1. The summed E-state index contributed by atoms with van der Waals surface area (Å²) in [5, 5.41) is 11.7. The Morgan fingerprint density at radius 3 is 2.32 bits per heavy atom. The maximum Gasteiger partial charge on any atom is 0.261 e.